The third kappa shape index (κ3) is 6.53. The first kappa shape index (κ1) is 16.6. The van der Waals surface area contributed by atoms with Gasteiger partial charge in [0.25, 0.3) is 0 Å². The van der Waals surface area contributed by atoms with Gasteiger partial charge >= 0.3 is 0 Å². The Balaban J connectivity index is 2.50. The van der Waals surface area contributed by atoms with Crippen LogP contribution in [0.5, 0.6) is 0 Å². The number of nitrogens with two attached hydrogens (primary N) is 1. The fraction of sp³-hybridized carbons (Fsp3) is 0.625. The first-order valence-electron chi connectivity index (χ1n) is 6.87. The molecule has 19 heavy (non-hydrogen) atoms. The third-order valence-electron chi connectivity index (χ3n) is 3.15. The highest BCUT2D eigenvalue weighted by Crippen LogP contribution is 2.27. The van der Waals surface area contributed by atoms with Crippen molar-refractivity contribution in [2.24, 2.45) is 17.1 Å². The van der Waals surface area contributed by atoms with Gasteiger partial charge in [0, 0.05) is 6.04 Å². The van der Waals surface area contributed by atoms with Gasteiger partial charge in [-0.15, -0.1) is 0 Å². The van der Waals surface area contributed by atoms with Gasteiger partial charge in [-0.2, -0.15) is 0 Å². The Bertz CT molecular complexity index is 412. The maximum atomic E-state index is 13.2. The molecule has 2 N–H and O–H groups in total. The van der Waals surface area contributed by atoms with E-state index >= 15 is 0 Å². The van der Waals surface area contributed by atoms with Crippen LogP contribution < -0.4 is 5.73 Å². The van der Waals surface area contributed by atoms with Crippen LogP contribution in [0.4, 0.5) is 4.39 Å². The zero-order valence-corrected chi connectivity index (χ0v) is 13.9. The van der Waals surface area contributed by atoms with E-state index in [0.29, 0.717) is 15.8 Å². The Morgan fingerprint density at radius 3 is 2.47 bits per heavy atom. The van der Waals surface area contributed by atoms with Gasteiger partial charge in [-0.05, 0) is 64.2 Å². The minimum atomic E-state index is -0.224. The fourth-order valence-corrected chi connectivity index (χ4v) is 3.12. The summed E-state index contributed by atoms with van der Waals surface area (Å²) < 4.78 is 13.7. The summed E-state index contributed by atoms with van der Waals surface area (Å²) in [5.74, 6) is 0.386. The quantitative estimate of drug-likeness (QED) is 0.815. The summed E-state index contributed by atoms with van der Waals surface area (Å²) in [6.45, 7) is 9.02. The van der Waals surface area contributed by atoms with Crippen LogP contribution in [-0.4, -0.2) is 6.04 Å². The van der Waals surface area contributed by atoms with Gasteiger partial charge in [0.15, 0.2) is 0 Å². The molecule has 2 unspecified atom stereocenters. The predicted octanol–water partition coefficient (Wildman–Crippen LogP) is 4.92. The van der Waals surface area contributed by atoms with Crippen molar-refractivity contribution in [3.05, 3.63) is 34.1 Å². The molecule has 0 amide bonds. The lowest BCUT2D eigenvalue weighted by molar-refractivity contribution is 0.285. The van der Waals surface area contributed by atoms with Crippen LogP contribution in [0.1, 0.15) is 46.1 Å². The maximum Gasteiger partial charge on any atom is 0.137 e. The molecular weight excluding hydrogens is 305 g/mol. The van der Waals surface area contributed by atoms with Crippen LogP contribution in [0.2, 0.25) is 0 Å². The molecule has 1 aromatic rings. The molecule has 0 radical (unpaired) electrons. The predicted molar refractivity (Wildman–Crippen MR) is 83.6 cm³/mol. The number of hydrogen-bond acceptors (Lipinski definition) is 1. The summed E-state index contributed by atoms with van der Waals surface area (Å²) in [7, 11) is 0. The minimum Gasteiger partial charge on any atom is -0.327 e. The van der Waals surface area contributed by atoms with E-state index in [2.05, 4.69) is 43.6 Å². The Morgan fingerprint density at radius 2 is 1.95 bits per heavy atom. The van der Waals surface area contributed by atoms with Crippen molar-refractivity contribution in [2.45, 2.75) is 53.0 Å². The lowest BCUT2D eigenvalue weighted by atomic mass is 9.82. The molecule has 0 bridgehead atoms. The van der Waals surface area contributed by atoms with E-state index in [1.807, 2.05) is 12.1 Å². The minimum absolute atomic E-state index is 0.134. The lowest BCUT2D eigenvalue weighted by Crippen LogP contribution is -2.26. The van der Waals surface area contributed by atoms with Gasteiger partial charge in [-0.3, -0.25) is 0 Å². The van der Waals surface area contributed by atoms with E-state index in [9.17, 15) is 4.39 Å². The van der Waals surface area contributed by atoms with Crippen molar-refractivity contribution in [3.8, 4) is 0 Å². The molecule has 1 aromatic carbocycles. The Hall–Kier alpha value is -0.410. The standard InChI is InChI=1S/C16H25BrFN/c1-11(10-16(2,3)4)7-13(19)8-12-5-6-15(18)14(17)9-12/h5-6,9,11,13H,7-8,10,19H2,1-4H3. The summed E-state index contributed by atoms with van der Waals surface area (Å²) in [4.78, 5) is 0. The zero-order chi connectivity index (χ0) is 14.6. The smallest absolute Gasteiger partial charge is 0.137 e. The first-order chi connectivity index (χ1) is 8.67. The van der Waals surface area contributed by atoms with Crippen LogP contribution >= 0.6 is 15.9 Å². The van der Waals surface area contributed by atoms with Gasteiger partial charge in [0.05, 0.1) is 4.47 Å². The summed E-state index contributed by atoms with van der Waals surface area (Å²) in [6.07, 6.45) is 2.98. The van der Waals surface area contributed by atoms with Crippen LogP contribution in [-0.2, 0) is 6.42 Å². The number of rotatable bonds is 5. The highest BCUT2D eigenvalue weighted by atomic mass is 79.9. The molecule has 1 nitrogen and oxygen atoms in total. The van der Waals surface area contributed by atoms with Crippen molar-refractivity contribution in [3.63, 3.8) is 0 Å². The van der Waals surface area contributed by atoms with E-state index in [4.69, 9.17) is 5.73 Å². The topological polar surface area (TPSA) is 26.0 Å². The molecule has 0 heterocycles. The van der Waals surface area contributed by atoms with Crippen LogP contribution in [0.3, 0.4) is 0 Å². The number of hydrogen-bond donors (Lipinski definition) is 1. The molecule has 0 aromatic heterocycles. The second kappa shape index (κ2) is 6.85. The Kier molecular flexibility index (Phi) is 6.00. The van der Waals surface area contributed by atoms with E-state index in [1.165, 1.54) is 12.5 Å². The van der Waals surface area contributed by atoms with Crippen molar-refractivity contribution in [2.75, 3.05) is 0 Å². The average molecular weight is 330 g/mol. The molecule has 0 aliphatic rings. The molecule has 3 heteroatoms. The van der Waals surface area contributed by atoms with Gasteiger partial charge in [-0.25, -0.2) is 4.39 Å². The van der Waals surface area contributed by atoms with Gasteiger partial charge < -0.3 is 5.73 Å². The maximum absolute atomic E-state index is 13.2. The molecule has 0 aliphatic heterocycles. The van der Waals surface area contributed by atoms with Crippen molar-refractivity contribution in [1.82, 2.24) is 0 Å². The fourth-order valence-electron chi connectivity index (χ4n) is 2.70. The van der Waals surface area contributed by atoms with Crippen molar-refractivity contribution < 1.29 is 4.39 Å². The van der Waals surface area contributed by atoms with Crippen molar-refractivity contribution >= 4 is 15.9 Å². The normalized spacial score (nSPS) is 15.3. The second-order valence-electron chi connectivity index (χ2n) is 6.82. The van der Waals surface area contributed by atoms with Crippen LogP contribution in [0, 0.1) is 17.2 Å². The lowest BCUT2D eigenvalue weighted by Gasteiger charge is -2.25. The van der Waals surface area contributed by atoms with Crippen LogP contribution in [0.25, 0.3) is 0 Å². The van der Waals surface area contributed by atoms with Crippen LogP contribution in [0.15, 0.2) is 22.7 Å². The molecule has 0 fully saturated rings. The zero-order valence-electron chi connectivity index (χ0n) is 12.3. The molecule has 2 atom stereocenters. The van der Waals surface area contributed by atoms with E-state index in [-0.39, 0.29) is 11.9 Å². The molecule has 0 aliphatic carbocycles. The highest BCUT2D eigenvalue weighted by molar-refractivity contribution is 9.10. The second-order valence-corrected chi connectivity index (χ2v) is 7.67. The molecular formula is C16H25BrFN. The number of benzene rings is 1. The Morgan fingerprint density at radius 1 is 1.32 bits per heavy atom. The summed E-state index contributed by atoms with van der Waals surface area (Å²) in [5, 5.41) is 0. The van der Waals surface area contributed by atoms with Gasteiger partial charge in [-0.1, -0.05) is 33.8 Å². The largest absolute Gasteiger partial charge is 0.327 e. The van der Waals surface area contributed by atoms with Gasteiger partial charge in [0.2, 0.25) is 0 Å². The summed E-state index contributed by atoms with van der Waals surface area (Å²) in [6, 6.07) is 5.26. The molecule has 1 rings (SSSR count). The average Bonchev–Trinajstić information content (AvgIpc) is 2.20. The van der Waals surface area contributed by atoms with E-state index in [0.717, 1.165) is 18.4 Å². The Labute approximate surface area is 124 Å². The third-order valence-corrected chi connectivity index (χ3v) is 3.76. The van der Waals surface area contributed by atoms with Crippen molar-refractivity contribution in [1.29, 1.82) is 0 Å². The molecule has 0 spiro atoms. The summed E-state index contributed by atoms with van der Waals surface area (Å²) >= 11 is 3.21. The number of halogens is 2. The molecule has 108 valence electrons. The summed E-state index contributed by atoms with van der Waals surface area (Å²) in [5.41, 5.74) is 7.64. The highest BCUT2D eigenvalue weighted by Gasteiger charge is 2.17. The SMILES string of the molecule is CC(CC(N)Cc1ccc(F)c(Br)c1)CC(C)(C)C. The first-order valence-corrected chi connectivity index (χ1v) is 7.66. The monoisotopic (exact) mass is 329 g/mol. The van der Waals surface area contributed by atoms with Gasteiger partial charge in [0.1, 0.15) is 5.82 Å². The van der Waals surface area contributed by atoms with E-state index < -0.39 is 0 Å². The molecule has 0 saturated heterocycles. The molecule has 0 saturated carbocycles. The van der Waals surface area contributed by atoms with E-state index in [1.54, 1.807) is 0 Å².